The monoisotopic (exact) mass is 396 g/mol. The number of rotatable bonds is 5. The molecule has 0 aliphatic rings. The first-order chi connectivity index (χ1) is 13.8. The molecule has 0 aliphatic carbocycles. The summed E-state index contributed by atoms with van der Waals surface area (Å²) in [6, 6.07) is 7.02. The smallest absolute Gasteiger partial charge is 0.417 e. The van der Waals surface area contributed by atoms with Crippen molar-refractivity contribution in [3.8, 4) is 16.9 Å². The van der Waals surface area contributed by atoms with Gasteiger partial charge in [-0.1, -0.05) is 24.8 Å². The number of ether oxygens (including phenoxy) is 2. The number of carbonyl (C=O) groups excluding carboxylic acids is 1. The summed E-state index contributed by atoms with van der Waals surface area (Å²) in [5, 5.41) is 0.207. The Bertz CT molecular complexity index is 1250. The molecule has 8 heteroatoms. The van der Waals surface area contributed by atoms with Gasteiger partial charge in [-0.15, -0.1) is 0 Å². The van der Waals surface area contributed by atoms with E-state index >= 15 is 0 Å². The number of fused-ring (bicyclic) bond motifs is 1. The third kappa shape index (κ3) is 3.33. The van der Waals surface area contributed by atoms with Crippen molar-refractivity contribution in [2.24, 2.45) is 14.1 Å². The molecular formula is C21H22N3O5+. The van der Waals surface area contributed by atoms with Gasteiger partial charge in [0.15, 0.2) is 0 Å². The summed E-state index contributed by atoms with van der Waals surface area (Å²) in [4.78, 5) is 41.4. The first-order valence-corrected chi connectivity index (χ1v) is 8.89. The summed E-state index contributed by atoms with van der Waals surface area (Å²) in [5.74, 6) is -0.0394. The maximum Gasteiger partial charge on any atom is 0.417 e. The Morgan fingerprint density at radius 3 is 2.62 bits per heavy atom. The molecule has 0 aliphatic heterocycles. The molecule has 0 bridgehead atoms. The lowest BCUT2D eigenvalue weighted by Gasteiger charge is -2.14. The summed E-state index contributed by atoms with van der Waals surface area (Å²) in [6.45, 7) is 5.27. The fraction of sp³-hybridized carbons (Fsp3) is 0.238. The lowest BCUT2D eigenvalue weighted by atomic mass is 9.95. The Kier molecular flexibility index (Phi) is 5.36. The van der Waals surface area contributed by atoms with E-state index in [2.05, 4.69) is 11.6 Å². The molecule has 0 amide bonds. The number of aryl methyl sites for hydroxylation is 2. The molecule has 0 unspecified atom stereocenters. The predicted octanol–water partition coefficient (Wildman–Crippen LogP) is 1.38. The van der Waals surface area contributed by atoms with E-state index in [0.29, 0.717) is 28.2 Å². The molecule has 0 atom stereocenters. The molecule has 0 fully saturated rings. The lowest BCUT2D eigenvalue weighted by molar-refractivity contribution is -0.359. The Balaban J connectivity index is 2.55. The average molecular weight is 396 g/mol. The molecule has 3 rings (SSSR count). The number of esters is 1. The van der Waals surface area contributed by atoms with Crippen molar-refractivity contribution in [3.63, 3.8) is 0 Å². The number of hydrogen-bond acceptors (Lipinski definition) is 5. The van der Waals surface area contributed by atoms with E-state index in [9.17, 15) is 14.4 Å². The second-order valence-electron chi connectivity index (χ2n) is 6.55. The van der Waals surface area contributed by atoms with Gasteiger partial charge in [-0.2, -0.15) is 4.57 Å². The summed E-state index contributed by atoms with van der Waals surface area (Å²) >= 11 is 0. The van der Waals surface area contributed by atoms with E-state index in [-0.39, 0.29) is 17.6 Å². The molecule has 150 valence electrons. The molecule has 8 nitrogen and oxygen atoms in total. The van der Waals surface area contributed by atoms with E-state index < -0.39 is 17.2 Å². The summed E-state index contributed by atoms with van der Waals surface area (Å²) in [6.07, 6.45) is 1.46. The zero-order valence-corrected chi connectivity index (χ0v) is 16.7. The van der Waals surface area contributed by atoms with Crippen LogP contribution in [0.1, 0.15) is 16.1 Å². The normalized spacial score (nSPS) is 10.8. The zero-order valence-electron chi connectivity index (χ0n) is 16.7. The van der Waals surface area contributed by atoms with Crippen molar-refractivity contribution in [3.05, 3.63) is 69.0 Å². The van der Waals surface area contributed by atoms with Crippen molar-refractivity contribution in [1.29, 1.82) is 0 Å². The Morgan fingerprint density at radius 1 is 1.24 bits per heavy atom. The largest absolute Gasteiger partial charge is 0.497 e. The van der Waals surface area contributed by atoms with Gasteiger partial charge in [0, 0.05) is 12.6 Å². The Labute approximate surface area is 166 Å². The first-order valence-electron chi connectivity index (χ1n) is 8.89. The molecule has 0 radical (unpaired) electrons. The Morgan fingerprint density at radius 2 is 1.97 bits per heavy atom. The van der Waals surface area contributed by atoms with Crippen molar-refractivity contribution in [2.45, 2.75) is 6.92 Å². The van der Waals surface area contributed by atoms with Gasteiger partial charge in [0.05, 0.1) is 14.2 Å². The van der Waals surface area contributed by atoms with Crippen molar-refractivity contribution in [2.75, 3.05) is 13.7 Å². The first kappa shape index (κ1) is 20.1. The highest BCUT2D eigenvalue weighted by molar-refractivity contribution is 6.06. The summed E-state index contributed by atoms with van der Waals surface area (Å²) < 4.78 is 12.9. The molecule has 3 aromatic rings. The number of nitrogens with zero attached hydrogens (tertiary/aromatic N) is 2. The zero-order chi connectivity index (χ0) is 21.3. The number of carbonyl (C=O) groups is 1. The van der Waals surface area contributed by atoms with Gasteiger partial charge < -0.3 is 9.47 Å². The molecule has 0 spiro atoms. The third-order valence-corrected chi connectivity index (χ3v) is 4.74. The highest BCUT2D eigenvalue weighted by Crippen LogP contribution is 2.32. The van der Waals surface area contributed by atoms with Gasteiger partial charge in [-0.25, -0.2) is 19.1 Å². The summed E-state index contributed by atoms with van der Waals surface area (Å²) in [7, 11) is 4.49. The van der Waals surface area contributed by atoms with Gasteiger partial charge in [-0.3, -0.25) is 4.79 Å². The van der Waals surface area contributed by atoms with Crippen LogP contribution in [0.25, 0.3) is 22.2 Å². The van der Waals surface area contributed by atoms with Gasteiger partial charge >= 0.3 is 11.7 Å². The second-order valence-corrected chi connectivity index (χ2v) is 6.55. The minimum absolute atomic E-state index is 0.0269. The quantitative estimate of drug-likeness (QED) is 0.480. The van der Waals surface area contributed by atoms with E-state index in [4.69, 9.17) is 9.47 Å². The molecule has 29 heavy (non-hydrogen) atoms. The van der Waals surface area contributed by atoms with Gasteiger partial charge in [0.1, 0.15) is 29.0 Å². The van der Waals surface area contributed by atoms with Gasteiger partial charge in [-0.05, 0) is 24.6 Å². The summed E-state index contributed by atoms with van der Waals surface area (Å²) in [5.41, 5.74) is 0.963. The second kappa shape index (κ2) is 7.75. The van der Waals surface area contributed by atoms with Crippen molar-refractivity contribution >= 4 is 17.0 Å². The van der Waals surface area contributed by atoms with E-state index in [1.807, 2.05) is 0 Å². The molecular weight excluding hydrogens is 374 g/mol. The molecule has 0 saturated heterocycles. The number of methoxy groups -OCH3 is 1. The predicted molar refractivity (Wildman–Crippen MR) is 108 cm³/mol. The number of aromatic amines is 1. The van der Waals surface area contributed by atoms with Crippen LogP contribution in [0.15, 0.2) is 46.5 Å². The Hall–Kier alpha value is -3.68. The number of aromatic nitrogens is 3. The molecule has 0 saturated carbocycles. The standard InChI is InChI=1S/C21H21N3O5/c1-6-10-29-20(26)15-12(2)22-18-17(19(25)24(4)21(27)23(18)3)16(15)13-8-7-9-14(11-13)28-5/h6-9,11H,1,10H2,2-5H3/p+1. The van der Waals surface area contributed by atoms with Crippen LogP contribution in [-0.4, -0.2) is 28.8 Å². The molecule has 2 heterocycles. The number of benzene rings is 1. The SMILES string of the molecule is C=CCOC(=O)c1c(C)[nH+]c2c(c1-c1cccc(OC)c1)c(=O)n(C)c(=O)n2C. The van der Waals surface area contributed by atoms with Crippen LogP contribution in [0.5, 0.6) is 5.75 Å². The van der Waals surface area contributed by atoms with Crippen LogP contribution in [-0.2, 0) is 18.8 Å². The van der Waals surface area contributed by atoms with Crippen LogP contribution in [0.2, 0.25) is 0 Å². The fourth-order valence-electron chi connectivity index (χ4n) is 3.30. The maximum atomic E-state index is 13.1. The van der Waals surface area contributed by atoms with Crippen LogP contribution >= 0.6 is 0 Å². The van der Waals surface area contributed by atoms with E-state index in [0.717, 1.165) is 4.57 Å². The minimum Gasteiger partial charge on any atom is -0.497 e. The van der Waals surface area contributed by atoms with Crippen LogP contribution < -0.4 is 21.0 Å². The number of pyridine rings is 1. The highest BCUT2D eigenvalue weighted by atomic mass is 16.5. The average Bonchev–Trinajstić information content (AvgIpc) is 2.73. The fourth-order valence-corrected chi connectivity index (χ4v) is 3.30. The molecule has 1 aromatic carbocycles. The topological polar surface area (TPSA) is 93.7 Å². The molecule has 1 N–H and O–H groups in total. The number of hydrogen-bond donors (Lipinski definition) is 0. The van der Waals surface area contributed by atoms with Gasteiger partial charge in [0.2, 0.25) is 0 Å². The van der Waals surface area contributed by atoms with E-state index in [1.54, 1.807) is 38.2 Å². The molecule has 2 aromatic heterocycles. The van der Waals surface area contributed by atoms with Gasteiger partial charge in [0.25, 0.3) is 11.2 Å². The van der Waals surface area contributed by atoms with Crippen LogP contribution in [0.4, 0.5) is 0 Å². The third-order valence-electron chi connectivity index (χ3n) is 4.74. The number of H-pyrrole nitrogens is 1. The van der Waals surface area contributed by atoms with Crippen LogP contribution in [0, 0.1) is 6.92 Å². The van der Waals surface area contributed by atoms with Crippen molar-refractivity contribution in [1.82, 2.24) is 9.13 Å². The van der Waals surface area contributed by atoms with Crippen molar-refractivity contribution < 1.29 is 19.3 Å². The lowest BCUT2D eigenvalue weighted by Crippen LogP contribution is -2.40. The number of nitrogens with one attached hydrogen (secondary N) is 1. The maximum absolute atomic E-state index is 13.1. The highest BCUT2D eigenvalue weighted by Gasteiger charge is 2.29. The minimum atomic E-state index is -0.603. The van der Waals surface area contributed by atoms with E-state index in [1.165, 1.54) is 24.8 Å². The van der Waals surface area contributed by atoms with Crippen LogP contribution in [0.3, 0.4) is 0 Å².